The van der Waals surface area contributed by atoms with Crippen molar-refractivity contribution in [3.05, 3.63) is 29.8 Å². The van der Waals surface area contributed by atoms with Crippen molar-refractivity contribution in [1.29, 1.82) is 0 Å². The lowest BCUT2D eigenvalue weighted by molar-refractivity contribution is 0.495. The van der Waals surface area contributed by atoms with Crippen LogP contribution in [0.1, 0.15) is 26.3 Å². The second-order valence-electron chi connectivity index (χ2n) is 4.36. The highest BCUT2D eigenvalue weighted by molar-refractivity contribution is 5.60. The van der Waals surface area contributed by atoms with Gasteiger partial charge in [0.1, 0.15) is 0 Å². The second-order valence-corrected chi connectivity index (χ2v) is 4.36. The Kier molecular flexibility index (Phi) is 1.83. The van der Waals surface area contributed by atoms with Crippen LogP contribution in [0.3, 0.4) is 0 Å². The van der Waals surface area contributed by atoms with Gasteiger partial charge in [0.15, 0.2) is 0 Å². The van der Waals surface area contributed by atoms with Crippen molar-refractivity contribution in [2.45, 2.75) is 32.7 Å². The smallest absolute Gasteiger partial charge is 0.0404 e. The summed E-state index contributed by atoms with van der Waals surface area (Å²) in [6, 6.07) is 8.73. The number of hydrogen-bond acceptors (Lipinski definition) is 1. The van der Waals surface area contributed by atoms with Crippen molar-refractivity contribution in [1.82, 2.24) is 0 Å². The number of rotatable bonds is 1. The van der Waals surface area contributed by atoms with Crippen LogP contribution in [0, 0.1) is 0 Å². The molecule has 0 saturated carbocycles. The summed E-state index contributed by atoms with van der Waals surface area (Å²) in [7, 11) is 0. The van der Waals surface area contributed by atoms with Crippen LogP contribution in [-0.4, -0.2) is 12.1 Å². The molecular formula is C12H17N. The average molecular weight is 175 g/mol. The van der Waals surface area contributed by atoms with Gasteiger partial charge in [0, 0.05) is 17.8 Å². The van der Waals surface area contributed by atoms with Gasteiger partial charge in [-0.1, -0.05) is 18.2 Å². The SMILES string of the molecule is CCN1c2ccccc2CC1(C)C. The Morgan fingerprint density at radius 1 is 1.31 bits per heavy atom. The molecule has 0 atom stereocenters. The highest BCUT2D eigenvalue weighted by atomic mass is 15.2. The summed E-state index contributed by atoms with van der Waals surface area (Å²) in [5.41, 5.74) is 3.22. The molecule has 0 radical (unpaired) electrons. The van der Waals surface area contributed by atoms with Crippen LogP contribution < -0.4 is 4.90 Å². The van der Waals surface area contributed by atoms with Gasteiger partial charge >= 0.3 is 0 Å². The van der Waals surface area contributed by atoms with Crippen LogP contribution in [0.4, 0.5) is 5.69 Å². The summed E-state index contributed by atoms with van der Waals surface area (Å²) in [5, 5.41) is 0. The maximum absolute atomic E-state index is 2.49. The van der Waals surface area contributed by atoms with E-state index in [1.165, 1.54) is 17.7 Å². The molecule has 0 amide bonds. The molecule has 0 saturated heterocycles. The molecule has 0 fully saturated rings. The van der Waals surface area contributed by atoms with Crippen LogP contribution >= 0.6 is 0 Å². The second kappa shape index (κ2) is 2.76. The summed E-state index contributed by atoms with van der Waals surface area (Å²) in [4.78, 5) is 2.49. The van der Waals surface area contributed by atoms with Gasteiger partial charge in [-0.15, -0.1) is 0 Å². The van der Waals surface area contributed by atoms with Crippen LogP contribution in [0.5, 0.6) is 0 Å². The summed E-state index contributed by atoms with van der Waals surface area (Å²) in [5.74, 6) is 0. The van der Waals surface area contributed by atoms with E-state index in [0.717, 1.165) is 6.54 Å². The van der Waals surface area contributed by atoms with E-state index in [0.29, 0.717) is 5.54 Å². The van der Waals surface area contributed by atoms with E-state index >= 15 is 0 Å². The maximum atomic E-state index is 2.49. The number of hydrogen-bond donors (Lipinski definition) is 0. The highest BCUT2D eigenvalue weighted by Crippen LogP contribution is 2.37. The van der Waals surface area contributed by atoms with Crippen molar-refractivity contribution in [3.63, 3.8) is 0 Å². The molecule has 0 N–H and O–H groups in total. The van der Waals surface area contributed by atoms with E-state index in [4.69, 9.17) is 0 Å². The Morgan fingerprint density at radius 3 is 2.69 bits per heavy atom. The molecule has 0 aromatic heterocycles. The Morgan fingerprint density at radius 2 is 2.00 bits per heavy atom. The lowest BCUT2D eigenvalue weighted by Crippen LogP contribution is -2.40. The number of para-hydroxylation sites is 1. The number of likely N-dealkylation sites (N-methyl/N-ethyl adjacent to an activating group) is 1. The fourth-order valence-corrected chi connectivity index (χ4v) is 2.41. The first-order valence-electron chi connectivity index (χ1n) is 5.01. The van der Waals surface area contributed by atoms with E-state index < -0.39 is 0 Å². The van der Waals surface area contributed by atoms with E-state index in [2.05, 4.69) is 49.9 Å². The first-order chi connectivity index (χ1) is 6.15. The zero-order valence-corrected chi connectivity index (χ0v) is 8.67. The van der Waals surface area contributed by atoms with Gasteiger partial charge in [-0.05, 0) is 38.8 Å². The van der Waals surface area contributed by atoms with E-state index in [1.807, 2.05) is 0 Å². The summed E-state index contributed by atoms with van der Waals surface area (Å²) in [6.45, 7) is 7.96. The summed E-state index contributed by atoms with van der Waals surface area (Å²) >= 11 is 0. The lowest BCUT2D eigenvalue weighted by atomic mass is 9.99. The largest absolute Gasteiger partial charge is 0.366 e. The van der Waals surface area contributed by atoms with E-state index in [1.54, 1.807) is 0 Å². The molecule has 1 nitrogen and oxygen atoms in total. The molecule has 1 heteroatoms. The summed E-state index contributed by atoms with van der Waals surface area (Å²) < 4.78 is 0. The monoisotopic (exact) mass is 175 g/mol. The van der Waals surface area contributed by atoms with Crippen molar-refractivity contribution < 1.29 is 0 Å². The number of nitrogens with zero attached hydrogens (tertiary/aromatic N) is 1. The number of benzene rings is 1. The van der Waals surface area contributed by atoms with Crippen LogP contribution in [0.2, 0.25) is 0 Å². The van der Waals surface area contributed by atoms with Crippen LogP contribution in [0.25, 0.3) is 0 Å². The minimum atomic E-state index is 0.304. The highest BCUT2D eigenvalue weighted by Gasteiger charge is 2.33. The quantitative estimate of drug-likeness (QED) is 0.634. The van der Waals surface area contributed by atoms with E-state index in [9.17, 15) is 0 Å². The Bertz CT molecular complexity index is 315. The van der Waals surface area contributed by atoms with Gasteiger partial charge < -0.3 is 4.90 Å². The molecule has 0 unspecified atom stereocenters. The Balaban J connectivity index is 2.46. The van der Waals surface area contributed by atoms with Gasteiger partial charge in [0.25, 0.3) is 0 Å². The van der Waals surface area contributed by atoms with Crippen molar-refractivity contribution in [2.75, 3.05) is 11.4 Å². The maximum Gasteiger partial charge on any atom is 0.0404 e. The predicted octanol–water partition coefficient (Wildman–Crippen LogP) is 2.85. The molecule has 0 spiro atoms. The molecule has 13 heavy (non-hydrogen) atoms. The lowest BCUT2D eigenvalue weighted by Gasteiger charge is -2.33. The van der Waals surface area contributed by atoms with Crippen molar-refractivity contribution >= 4 is 5.69 Å². The number of anilines is 1. The zero-order valence-electron chi connectivity index (χ0n) is 8.67. The first kappa shape index (κ1) is 8.61. The number of fused-ring (bicyclic) bond motifs is 1. The normalized spacial score (nSPS) is 18.8. The zero-order chi connectivity index (χ0) is 9.47. The molecule has 1 aliphatic rings. The van der Waals surface area contributed by atoms with Crippen LogP contribution in [-0.2, 0) is 6.42 Å². The van der Waals surface area contributed by atoms with Gasteiger partial charge in [0.05, 0.1) is 0 Å². The molecule has 1 aliphatic heterocycles. The molecule has 1 aromatic rings. The molecule has 0 aliphatic carbocycles. The molecular weight excluding hydrogens is 158 g/mol. The average Bonchev–Trinajstić information content (AvgIpc) is 2.33. The van der Waals surface area contributed by atoms with Gasteiger partial charge in [-0.2, -0.15) is 0 Å². The molecule has 1 aromatic carbocycles. The third kappa shape index (κ3) is 1.23. The molecule has 1 heterocycles. The molecule has 2 rings (SSSR count). The topological polar surface area (TPSA) is 3.24 Å². The predicted molar refractivity (Wildman–Crippen MR) is 57.2 cm³/mol. The Hall–Kier alpha value is -0.980. The standard InChI is InChI=1S/C12H17N/c1-4-13-11-8-6-5-7-10(11)9-12(13,2)3/h5-8H,4,9H2,1-3H3. The van der Waals surface area contributed by atoms with Crippen molar-refractivity contribution in [2.24, 2.45) is 0 Å². The van der Waals surface area contributed by atoms with E-state index in [-0.39, 0.29) is 0 Å². The summed E-state index contributed by atoms with van der Waals surface area (Å²) in [6.07, 6.45) is 1.18. The van der Waals surface area contributed by atoms with Crippen LogP contribution in [0.15, 0.2) is 24.3 Å². The Labute approximate surface area is 80.4 Å². The third-order valence-corrected chi connectivity index (χ3v) is 2.95. The third-order valence-electron chi connectivity index (χ3n) is 2.95. The minimum Gasteiger partial charge on any atom is -0.366 e. The minimum absolute atomic E-state index is 0.304. The fraction of sp³-hybridized carbons (Fsp3) is 0.500. The van der Waals surface area contributed by atoms with Gasteiger partial charge in [0.2, 0.25) is 0 Å². The molecule has 70 valence electrons. The fourth-order valence-electron chi connectivity index (χ4n) is 2.41. The first-order valence-corrected chi connectivity index (χ1v) is 5.01. The molecule has 0 bridgehead atoms. The van der Waals surface area contributed by atoms with Crippen molar-refractivity contribution in [3.8, 4) is 0 Å². The van der Waals surface area contributed by atoms with Gasteiger partial charge in [-0.25, -0.2) is 0 Å². The van der Waals surface area contributed by atoms with Gasteiger partial charge in [-0.3, -0.25) is 0 Å².